The zero-order chi connectivity index (χ0) is 14.2. The number of hydrogen-bond acceptors (Lipinski definition) is 2. The molecule has 0 aliphatic carbocycles. The number of pyridine rings is 1. The molecule has 0 amide bonds. The van der Waals surface area contributed by atoms with Crippen molar-refractivity contribution in [3.05, 3.63) is 61.2 Å². The van der Waals surface area contributed by atoms with Gasteiger partial charge in [0.25, 0.3) is 0 Å². The summed E-state index contributed by atoms with van der Waals surface area (Å²) in [6.45, 7) is 0. The normalized spacial score (nSPS) is 11.1. The van der Waals surface area contributed by atoms with E-state index in [2.05, 4.69) is 33.3 Å². The molecule has 0 atom stereocenters. The second kappa shape index (κ2) is 4.59. The lowest BCUT2D eigenvalue weighted by molar-refractivity contribution is 0.768. The second-order valence-electron chi connectivity index (χ2n) is 5.09. The highest BCUT2D eigenvalue weighted by molar-refractivity contribution is 5.95. The minimum Gasteiger partial charge on any atom is -0.346 e. The molecule has 4 heteroatoms. The summed E-state index contributed by atoms with van der Waals surface area (Å²) in [7, 11) is 1.92. The monoisotopic (exact) mass is 274 g/mol. The lowest BCUT2D eigenvalue weighted by Gasteiger charge is -2.01. The van der Waals surface area contributed by atoms with Gasteiger partial charge >= 0.3 is 0 Å². The summed E-state index contributed by atoms with van der Waals surface area (Å²) in [6.07, 6.45) is 7.75. The number of nitrogens with one attached hydrogen (secondary N) is 1. The molecule has 0 unspecified atom stereocenters. The van der Waals surface area contributed by atoms with Crippen molar-refractivity contribution in [2.75, 3.05) is 0 Å². The summed E-state index contributed by atoms with van der Waals surface area (Å²) in [5.74, 6) is 0. The maximum atomic E-state index is 4.52. The van der Waals surface area contributed by atoms with Crippen molar-refractivity contribution in [2.45, 2.75) is 0 Å². The highest BCUT2D eigenvalue weighted by atomic mass is 15.2. The van der Waals surface area contributed by atoms with Crippen molar-refractivity contribution >= 4 is 11.0 Å². The van der Waals surface area contributed by atoms with Crippen LogP contribution in [-0.4, -0.2) is 19.7 Å². The predicted octanol–water partition coefficient (Wildman–Crippen LogP) is 3.63. The van der Waals surface area contributed by atoms with E-state index in [1.165, 1.54) is 11.1 Å². The molecule has 0 radical (unpaired) electrons. The molecule has 3 heterocycles. The van der Waals surface area contributed by atoms with Gasteiger partial charge in [-0.25, -0.2) is 4.98 Å². The van der Waals surface area contributed by atoms with Gasteiger partial charge in [-0.2, -0.15) is 5.10 Å². The van der Waals surface area contributed by atoms with Crippen molar-refractivity contribution in [2.24, 2.45) is 7.05 Å². The Hall–Kier alpha value is -2.88. The van der Waals surface area contributed by atoms with E-state index in [1.807, 2.05) is 50.0 Å². The highest BCUT2D eigenvalue weighted by Gasteiger charge is 2.09. The average Bonchev–Trinajstić information content (AvgIpc) is 3.13. The van der Waals surface area contributed by atoms with E-state index in [1.54, 1.807) is 4.68 Å². The van der Waals surface area contributed by atoms with Gasteiger partial charge in [0, 0.05) is 47.7 Å². The molecule has 4 aromatic rings. The smallest absolute Gasteiger partial charge is 0.137 e. The molecule has 4 rings (SSSR count). The lowest BCUT2D eigenvalue weighted by atomic mass is 10.0. The number of nitrogens with zero attached hydrogens (tertiary/aromatic N) is 3. The third-order valence-corrected chi connectivity index (χ3v) is 3.65. The Balaban J connectivity index is 1.90. The van der Waals surface area contributed by atoms with E-state index in [-0.39, 0.29) is 0 Å². The summed E-state index contributed by atoms with van der Waals surface area (Å²) >= 11 is 0. The summed E-state index contributed by atoms with van der Waals surface area (Å²) in [5.41, 5.74) is 5.42. The molecule has 1 N–H and O–H groups in total. The highest BCUT2D eigenvalue weighted by Crippen LogP contribution is 2.30. The Kier molecular flexibility index (Phi) is 2.60. The molecule has 0 aliphatic rings. The van der Waals surface area contributed by atoms with Gasteiger partial charge < -0.3 is 4.98 Å². The Morgan fingerprint density at radius 1 is 1.00 bits per heavy atom. The van der Waals surface area contributed by atoms with Crippen molar-refractivity contribution < 1.29 is 0 Å². The first kappa shape index (κ1) is 11.9. The molecule has 0 spiro atoms. The van der Waals surface area contributed by atoms with Crippen LogP contribution >= 0.6 is 0 Å². The maximum Gasteiger partial charge on any atom is 0.137 e. The number of aromatic amines is 1. The first-order valence-corrected chi connectivity index (χ1v) is 6.83. The van der Waals surface area contributed by atoms with Crippen LogP contribution in [0.5, 0.6) is 0 Å². The standard InChI is InChI=1S/C17H14N4/c1-21-11-14(9-20-21)13-7-15-16(10-19-17(15)18-8-13)12-5-3-2-4-6-12/h2-11H,1H3,(H,18,19). The summed E-state index contributed by atoms with van der Waals surface area (Å²) in [4.78, 5) is 7.76. The SMILES string of the molecule is Cn1cc(-c2cnc3[nH]cc(-c4ccccc4)c3c2)cn1. The minimum absolute atomic E-state index is 0.904. The maximum absolute atomic E-state index is 4.52. The van der Waals surface area contributed by atoms with Crippen LogP contribution in [0.2, 0.25) is 0 Å². The quantitative estimate of drug-likeness (QED) is 0.606. The summed E-state index contributed by atoms with van der Waals surface area (Å²) in [5, 5.41) is 5.35. The first-order valence-electron chi connectivity index (χ1n) is 6.83. The molecule has 0 bridgehead atoms. The topological polar surface area (TPSA) is 46.5 Å². The molecule has 21 heavy (non-hydrogen) atoms. The first-order chi connectivity index (χ1) is 10.3. The fourth-order valence-electron chi connectivity index (χ4n) is 2.59. The zero-order valence-corrected chi connectivity index (χ0v) is 11.6. The van der Waals surface area contributed by atoms with E-state index >= 15 is 0 Å². The summed E-state index contributed by atoms with van der Waals surface area (Å²) < 4.78 is 1.80. The molecule has 0 aliphatic heterocycles. The number of fused-ring (bicyclic) bond motifs is 1. The number of hydrogen-bond donors (Lipinski definition) is 1. The Bertz CT molecular complexity index is 903. The molecule has 0 saturated heterocycles. The van der Waals surface area contributed by atoms with Gasteiger partial charge in [0.15, 0.2) is 0 Å². The van der Waals surface area contributed by atoms with Crippen molar-refractivity contribution in [3.8, 4) is 22.3 Å². The second-order valence-corrected chi connectivity index (χ2v) is 5.09. The molecule has 102 valence electrons. The van der Waals surface area contributed by atoms with Gasteiger partial charge in [0.05, 0.1) is 6.20 Å². The van der Waals surface area contributed by atoms with Crippen molar-refractivity contribution in [1.82, 2.24) is 19.7 Å². The molecule has 4 nitrogen and oxygen atoms in total. The molecule has 0 fully saturated rings. The van der Waals surface area contributed by atoms with E-state index < -0.39 is 0 Å². The largest absolute Gasteiger partial charge is 0.346 e. The summed E-state index contributed by atoms with van der Waals surface area (Å²) in [6, 6.07) is 12.5. The fourth-order valence-corrected chi connectivity index (χ4v) is 2.59. The van der Waals surface area contributed by atoms with Crippen LogP contribution in [0.1, 0.15) is 0 Å². The van der Waals surface area contributed by atoms with Crippen LogP contribution in [0.3, 0.4) is 0 Å². The number of aromatic nitrogens is 4. The van der Waals surface area contributed by atoms with Crippen LogP contribution in [0, 0.1) is 0 Å². The lowest BCUT2D eigenvalue weighted by Crippen LogP contribution is -1.84. The van der Waals surface area contributed by atoms with Gasteiger partial charge in [-0.05, 0) is 11.6 Å². The third kappa shape index (κ3) is 2.01. The molecule has 3 aromatic heterocycles. The zero-order valence-electron chi connectivity index (χ0n) is 11.6. The van der Waals surface area contributed by atoms with E-state index in [9.17, 15) is 0 Å². The number of H-pyrrole nitrogens is 1. The van der Waals surface area contributed by atoms with Gasteiger partial charge in [-0.3, -0.25) is 4.68 Å². The minimum atomic E-state index is 0.904. The van der Waals surface area contributed by atoms with Gasteiger partial charge in [0.1, 0.15) is 5.65 Å². The van der Waals surface area contributed by atoms with E-state index in [4.69, 9.17) is 0 Å². The van der Waals surface area contributed by atoms with Crippen molar-refractivity contribution in [1.29, 1.82) is 0 Å². The van der Waals surface area contributed by atoms with Gasteiger partial charge in [-0.15, -0.1) is 0 Å². The van der Waals surface area contributed by atoms with Gasteiger partial charge in [0.2, 0.25) is 0 Å². The van der Waals surface area contributed by atoms with Crippen LogP contribution < -0.4 is 0 Å². The fraction of sp³-hybridized carbons (Fsp3) is 0.0588. The third-order valence-electron chi connectivity index (χ3n) is 3.65. The average molecular weight is 274 g/mol. The molecular formula is C17H14N4. The Morgan fingerprint density at radius 2 is 1.86 bits per heavy atom. The van der Waals surface area contributed by atoms with E-state index in [0.29, 0.717) is 0 Å². The molecule has 1 aromatic carbocycles. The van der Waals surface area contributed by atoms with Crippen molar-refractivity contribution in [3.63, 3.8) is 0 Å². The Labute approximate surface area is 122 Å². The molecular weight excluding hydrogens is 260 g/mol. The molecule has 0 saturated carbocycles. The van der Waals surface area contributed by atoms with Crippen LogP contribution in [-0.2, 0) is 7.05 Å². The predicted molar refractivity (Wildman–Crippen MR) is 83.7 cm³/mol. The van der Waals surface area contributed by atoms with E-state index in [0.717, 1.165) is 22.2 Å². The van der Waals surface area contributed by atoms with Gasteiger partial charge in [-0.1, -0.05) is 30.3 Å². The number of benzene rings is 1. The number of aryl methyl sites for hydroxylation is 1. The van der Waals surface area contributed by atoms with Crippen LogP contribution in [0.15, 0.2) is 61.2 Å². The van der Waals surface area contributed by atoms with Crippen LogP contribution in [0.4, 0.5) is 0 Å². The Morgan fingerprint density at radius 3 is 2.62 bits per heavy atom. The van der Waals surface area contributed by atoms with Crippen LogP contribution in [0.25, 0.3) is 33.3 Å². The number of rotatable bonds is 2.